The third-order valence-electron chi connectivity index (χ3n) is 3.46. The van der Waals surface area contributed by atoms with Crippen molar-refractivity contribution in [3.63, 3.8) is 0 Å². The molecule has 6 nitrogen and oxygen atoms in total. The van der Waals surface area contributed by atoms with E-state index in [1.807, 2.05) is 19.1 Å². The Morgan fingerprint density at radius 1 is 1.48 bits per heavy atom. The van der Waals surface area contributed by atoms with Crippen LogP contribution in [-0.2, 0) is 9.53 Å². The van der Waals surface area contributed by atoms with Gasteiger partial charge in [0.25, 0.3) is 0 Å². The van der Waals surface area contributed by atoms with Crippen molar-refractivity contribution in [1.82, 2.24) is 9.88 Å². The van der Waals surface area contributed by atoms with Gasteiger partial charge in [-0.3, -0.25) is 4.79 Å². The number of rotatable bonds is 3. The van der Waals surface area contributed by atoms with Crippen LogP contribution in [-0.4, -0.2) is 41.6 Å². The van der Waals surface area contributed by atoms with Crippen molar-refractivity contribution < 1.29 is 14.3 Å². The summed E-state index contributed by atoms with van der Waals surface area (Å²) in [5.74, 6) is 0.237. The van der Waals surface area contributed by atoms with E-state index in [1.165, 1.54) is 0 Å². The largest absolute Gasteiger partial charge is 0.450 e. The number of aryl methyl sites for hydroxylation is 1. The van der Waals surface area contributed by atoms with Gasteiger partial charge < -0.3 is 15.0 Å². The topological polar surface area (TPSA) is 71.5 Å². The number of likely N-dealkylation sites (tertiary alicyclic amines) is 1. The Hall–Kier alpha value is -2.11. The van der Waals surface area contributed by atoms with Gasteiger partial charge in [0.2, 0.25) is 5.91 Å². The van der Waals surface area contributed by atoms with E-state index in [9.17, 15) is 9.59 Å². The molecule has 1 aromatic rings. The van der Waals surface area contributed by atoms with Crippen LogP contribution in [0.5, 0.6) is 0 Å². The molecule has 2 heterocycles. The monoisotopic (exact) mass is 291 g/mol. The first-order valence-corrected chi connectivity index (χ1v) is 7.26. The van der Waals surface area contributed by atoms with Crippen LogP contribution in [0.15, 0.2) is 18.2 Å². The van der Waals surface area contributed by atoms with Crippen LogP contribution in [0, 0.1) is 12.8 Å². The maximum Gasteiger partial charge on any atom is 0.409 e. The number of ether oxygens (including phenoxy) is 1. The summed E-state index contributed by atoms with van der Waals surface area (Å²) in [7, 11) is 0. The number of carbonyl (C=O) groups excluding carboxylic acids is 2. The van der Waals surface area contributed by atoms with Gasteiger partial charge in [0, 0.05) is 18.8 Å². The van der Waals surface area contributed by atoms with Gasteiger partial charge in [0.15, 0.2) is 0 Å². The van der Waals surface area contributed by atoms with Crippen LogP contribution in [0.2, 0.25) is 0 Å². The number of carbonyl (C=O) groups is 2. The fourth-order valence-electron chi connectivity index (χ4n) is 2.41. The van der Waals surface area contributed by atoms with E-state index in [2.05, 4.69) is 10.3 Å². The Balaban J connectivity index is 1.94. The molecule has 0 bridgehead atoms. The van der Waals surface area contributed by atoms with Crippen LogP contribution in [0.25, 0.3) is 0 Å². The predicted molar refractivity (Wildman–Crippen MR) is 78.9 cm³/mol. The highest BCUT2D eigenvalue weighted by Gasteiger charge is 2.29. The van der Waals surface area contributed by atoms with Crippen molar-refractivity contribution >= 4 is 17.8 Å². The molecule has 0 aromatic carbocycles. The molecule has 1 saturated heterocycles. The summed E-state index contributed by atoms with van der Waals surface area (Å²) in [5.41, 5.74) is 0.851. The van der Waals surface area contributed by atoms with Crippen LogP contribution < -0.4 is 5.32 Å². The Bertz CT molecular complexity index is 519. The van der Waals surface area contributed by atoms with Crippen molar-refractivity contribution in [2.45, 2.75) is 26.7 Å². The minimum Gasteiger partial charge on any atom is -0.450 e. The maximum absolute atomic E-state index is 12.3. The van der Waals surface area contributed by atoms with Crippen molar-refractivity contribution in [2.24, 2.45) is 5.92 Å². The second-order valence-electron chi connectivity index (χ2n) is 5.14. The lowest BCUT2D eigenvalue weighted by molar-refractivity contribution is -0.121. The van der Waals surface area contributed by atoms with Gasteiger partial charge >= 0.3 is 6.09 Å². The number of piperidine rings is 1. The summed E-state index contributed by atoms with van der Waals surface area (Å²) in [4.78, 5) is 29.9. The third kappa shape index (κ3) is 4.18. The van der Waals surface area contributed by atoms with Gasteiger partial charge in [-0.1, -0.05) is 6.07 Å². The first kappa shape index (κ1) is 15.3. The van der Waals surface area contributed by atoms with Crippen molar-refractivity contribution in [2.75, 3.05) is 25.0 Å². The molecular weight excluding hydrogens is 270 g/mol. The van der Waals surface area contributed by atoms with Gasteiger partial charge in [-0.05, 0) is 38.8 Å². The summed E-state index contributed by atoms with van der Waals surface area (Å²) in [6.07, 6.45) is 1.23. The van der Waals surface area contributed by atoms with Crippen molar-refractivity contribution in [3.05, 3.63) is 23.9 Å². The summed E-state index contributed by atoms with van der Waals surface area (Å²) in [5, 5.41) is 2.82. The lowest BCUT2D eigenvalue weighted by Gasteiger charge is -2.31. The summed E-state index contributed by atoms with van der Waals surface area (Å²) in [6, 6.07) is 5.49. The van der Waals surface area contributed by atoms with Crippen molar-refractivity contribution in [1.29, 1.82) is 0 Å². The normalized spacial score (nSPS) is 18.2. The molecule has 2 amide bonds. The van der Waals surface area contributed by atoms with E-state index in [4.69, 9.17) is 4.74 Å². The minimum absolute atomic E-state index is 0.0953. The molecule has 1 N–H and O–H groups in total. The van der Waals surface area contributed by atoms with E-state index in [1.54, 1.807) is 17.9 Å². The molecule has 1 aliphatic rings. The third-order valence-corrected chi connectivity index (χ3v) is 3.46. The van der Waals surface area contributed by atoms with Crippen LogP contribution >= 0.6 is 0 Å². The minimum atomic E-state index is -0.344. The molecule has 114 valence electrons. The van der Waals surface area contributed by atoms with Gasteiger partial charge in [-0.25, -0.2) is 9.78 Å². The molecule has 1 aliphatic heterocycles. The van der Waals surface area contributed by atoms with Gasteiger partial charge in [-0.15, -0.1) is 0 Å². The molecule has 1 unspecified atom stereocenters. The highest BCUT2D eigenvalue weighted by atomic mass is 16.6. The molecule has 0 spiro atoms. The number of nitrogens with one attached hydrogen (secondary N) is 1. The fourth-order valence-corrected chi connectivity index (χ4v) is 2.41. The standard InChI is InChI=1S/C15H21N3O3/c1-3-21-15(20)18-9-5-7-12(10-18)14(19)17-13-8-4-6-11(2)16-13/h4,6,8,12H,3,5,7,9-10H2,1-2H3,(H,16,17,19). The zero-order chi connectivity index (χ0) is 15.2. The fraction of sp³-hybridized carbons (Fsp3) is 0.533. The van der Waals surface area contributed by atoms with Crippen LogP contribution in [0.1, 0.15) is 25.5 Å². The number of hydrogen-bond donors (Lipinski definition) is 1. The van der Waals surface area contributed by atoms with Gasteiger partial charge in [-0.2, -0.15) is 0 Å². The first-order valence-electron chi connectivity index (χ1n) is 7.26. The lowest BCUT2D eigenvalue weighted by Crippen LogP contribution is -2.44. The number of pyridine rings is 1. The SMILES string of the molecule is CCOC(=O)N1CCCC(C(=O)Nc2cccc(C)n2)C1. The molecule has 0 saturated carbocycles. The number of amides is 2. The van der Waals surface area contributed by atoms with E-state index in [0.29, 0.717) is 25.5 Å². The highest BCUT2D eigenvalue weighted by Crippen LogP contribution is 2.19. The summed E-state index contributed by atoms with van der Waals surface area (Å²) < 4.78 is 4.99. The number of nitrogens with zero attached hydrogens (tertiary/aromatic N) is 2. The second kappa shape index (κ2) is 7.06. The smallest absolute Gasteiger partial charge is 0.409 e. The zero-order valence-corrected chi connectivity index (χ0v) is 12.5. The zero-order valence-electron chi connectivity index (χ0n) is 12.5. The average molecular weight is 291 g/mol. The molecule has 2 rings (SSSR count). The molecule has 1 aromatic heterocycles. The first-order chi connectivity index (χ1) is 10.1. The van der Waals surface area contributed by atoms with Crippen molar-refractivity contribution in [3.8, 4) is 0 Å². The predicted octanol–water partition coefficient (Wildman–Crippen LogP) is 2.20. The molecule has 0 aliphatic carbocycles. The average Bonchev–Trinajstić information content (AvgIpc) is 2.47. The van der Waals surface area contributed by atoms with E-state index >= 15 is 0 Å². The van der Waals surface area contributed by atoms with Crippen LogP contribution in [0.4, 0.5) is 10.6 Å². The molecular formula is C15H21N3O3. The second-order valence-corrected chi connectivity index (χ2v) is 5.14. The van der Waals surface area contributed by atoms with E-state index < -0.39 is 0 Å². The summed E-state index contributed by atoms with van der Waals surface area (Å²) in [6.45, 7) is 5.04. The van der Waals surface area contributed by atoms with Crippen LogP contribution in [0.3, 0.4) is 0 Å². The Morgan fingerprint density at radius 2 is 2.29 bits per heavy atom. The van der Waals surface area contributed by atoms with Gasteiger partial charge in [0.1, 0.15) is 5.82 Å². The quantitative estimate of drug-likeness (QED) is 0.926. The number of anilines is 1. The Morgan fingerprint density at radius 3 is 3.00 bits per heavy atom. The molecule has 1 atom stereocenters. The lowest BCUT2D eigenvalue weighted by atomic mass is 9.97. The molecule has 0 radical (unpaired) electrons. The Kier molecular flexibility index (Phi) is 5.14. The van der Waals surface area contributed by atoms with E-state index in [-0.39, 0.29) is 17.9 Å². The Labute approximate surface area is 124 Å². The van der Waals surface area contributed by atoms with Gasteiger partial charge in [0.05, 0.1) is 12.5 Å². The summed E-state index contributed by atoms with van der Waals surface area (Å²) >= 11 is 0. The number of hydrogen-bond acceptors (Lipinski definition) is 4. The van der Waals surface area contributed by atoms with E-state index in [0.717, 1.165) is 18.5 Å². The molecule has 1 fully saturated rings. The molecule has 21 heavy (non-hydrogen) atoms. The molecule has 6 heteroatoms. The number of aromatic nitrogens is 1. The highest BCUT2D eigenvalue weighted by molar-refractivity contribution is 5.92. The maximum atomic E-state index is 12.3.